The van der Waals surface area contributed by atoms with Crippen molar-refractivity contribution in [1.29, 1.82) is 0 Å². The van der Waals surface area contributed by atoms with Crippen molar-refractivity contribution in [2.75, 3.05) is 0 Å². The van der Waals surface area contributed by atoms with Crippen LogP contribution in [0.2, 0.25) is 0 Å². The average molecular weight is 292 g/mol. The minimum Gasteiger partial charge on any atom is -0.318 e. The Kier molecular flexibility index (Phi) is 3.20. The normalized spacial score (nSPS) is 10.6. The molecular formula is C14H14BrNO. The number of hydrogen-bond donors (Lipinski definition) is 0. The lowest BCUT2D eigenvalue weighted by Gasteiger charge is -2.15. The van der Waals surface area contributed by atoms with Gasteiger partial charge in [0.15, 0.2) is 5.43 Å². The summed E-state index contributed by atoms with van der Waals surface area (Å²) in [5, 5.41) is 0. The fourth-order valence-corrected chi connectivity index (χ4v) is 2.71. The lowest BCUT2D eigenvalue weighted by Crippen LogP contribution is -2.11. The number of benzene rings is 1. The molecule has 88 valence electrons. The lowest BCUT2D eigenvalue weighted by atomic mass is 10.2. The van der Waals surface area contributed by atoms with E-state index in [-0.39, 0.29) is 5.43 Å². The Hall–Kier alpha value is -1.35. The molecule has 0 fully saturated rings. The van der Waals surface area contributed by atoms with Crippen molar-refractivity contribution in [2.45, 2.75) is 20.8 Å². The van der Waals surface area contributed by atoms with Gasteiger partial charge in [-0.25, -0.2) is 0 Å². The van der Waals surface area contributed by atoms with Gasteiger partial charge in [-0.05, 0) is 44.5 Å². The summed E-state index contributed by atoms with van der Waals surface area (Å²) in [6.07, 6.45) is 0. The van der Waals surface area contributed by atoms with Crippen molar-refractivity contribution in [3.63, 3.8) is 0 Å². The molecule has 17 heavy (non-hydrogen) atoms. The van der Waals surface area contributed by atoms with Crippen LogP contribution in [0.5, 0.6) is 0 Å². The van der Waals surface area contributed by atoms with E-state index in [4.69, 9.17) is 0 Å². The van der Waals surface area contributed by atoms with Gasteiger partial charge in [-0.3, -0.25) is 4.79 Å². The second-order valence-corrected chi connectivity index (χ2v) is 5.21. The number of pyridine rings is 1. The maximum absolute atomic E-state index is 11.4. The summed E-state index contributed by atoms with van der Waals surface area (Å²) >= 11 is 3.50. The maximum atomic E-state index is 11.4. The smallest absolute Gasteiger partial charge is 0.182 e. The Morgan fingerprint density at radius 2 is 1.53 bits per heavy atom. The van der Waals surface area contributed by atoms with Crippen LogP contribution in [0, 0.1) is 20.8 Å². The topological polar surface area (TPSA) is 22.0 Å². The van der Waals surface area contributed by atoms with E-state index in [1.54, 1.807) is 12.1 Å². The van der Waals surface area contributed by atoms with Crippen LogP contribution in [0.25, 0.3) is 5.69 Å². The Labute approximate surface area is 109 Å². The van der Waals surface area contributed by atoms with E-state index in [0.717, 1.165) is 21.5 Å². The van der Waals surface area contributed by atoms with Crippen molar-refractivity contribution in [1.82, 2.24) is 4.57 Å². The molecule has 0 radical (unpaired) electrons. The number of aromatic nitrogens is 1. The van der Waals surface area contributed by atoms with Gasteiger partial charge in [0.1, 0.15) is 0 Å². The second kappa shape index (κ2) is 4.49. The van der Waals surface area contributed by atoms with E-state index < -0.39 is 0 Å². The fourth-order valence-electron chi connectivity index (χ4n) is 2.11. The molecular weight excluding hydrogens is 278 g/mol. The van der Waals surface area contributed by atoms with Gasteiger partial charge in [0.25, 0.3) is 0 Å². The summed E-state index contributed by atoms with van der Waals surface area (Å²) < 4.78 is 3.13. The van der Waals surface area contributed by atoms with Crippen LogP contribution in [-0.2, 0) is 0 Å². The highest BCUT2D eigenvalue weighted by molar-refractivity contribution is 9.10. The Balaban J connectivity index is 2.72. The quantitative estimate of drug-likeness (QED) is 0.788. The van der Waals surface area contributed by atoms with Crippen molar-refractivity contribution in [3.8, 4) is 5.69 Å². The first-order valence-corrected chi connectivity index (χ1v) is 6.24. The highest BCUT2D eigenvalue weighted by atomic mass is 79.9. The van der Waals surface area contributed by atoms with Crippen molar-refractivity contribution >= 4 is 15.9 Å². The van der Waals surface area contributed by atoms with Gasteiger partial charge >= 0.3 is 0 Å². The summed E-state index contributed by atoms with van der Waals surface area (Å²) in [7, 11) is 0. The third kappa shape index (κ3) is 2.50. The van der Waals surface area contributed by atoms with Crippen molar-refractivity contribution in [3.05, 3.63) is 62.0 Å². The molecule has 0 spiro atoms. The molecule has 0 saturated heterocycles. The number of aryl methyl sites for hydroxylation is 3. The summed E-state index contributed by atoms with van der Waals surface area (Å²) in [5.41, 5.74) is 4.22. The molecule has 0 bridgehead atoms. The van der Waals surface area contributed by atoms with Gasteiger partial charge in [-0.1, -0.05) is 15.9 Å². The third-order valence-electron chi connectivity index (χ3n) is 2.69. The Bertz CT molecular complexity index is 582. The van der Waals surface area contributed by atoms with Crippen molar-refractivity contribution < 1.29 is 0 Å². The van der Waals surface area contributed by atoms with Gasteiger partial charge in [-0.15, -0.1) is 0 Å². The summed E-state index contributed by atoms with van der Waals surface area (Å²) in [4.78, 5) is 11.4. The first-order valence-electron chi connectivity index (χ1n) is 5.45. The number of halogens is 1. The zero-order chi connectivity index (χ0) is 12.6. The molecule has 0 atom stereocenters. The minimum atomic E-state index is 0.0583. The van der Waals surface area contributed by atoms with E-state index in [9.17, 15) is 4.79 Å². The molecule has 2 aromatic rings. The van der Waals surface area contributed by atoms with Gasteiger partial charge in [0.2, 0.25) is 0 Å². The van der Waals surface area contributed by atoms with Crippen LogP contribution < -0.4 is 5.43 Å². The zero-order valence-electron chi connectivity index (χ0n) is 10.1. The predicted octanol–water partition coefficient (Wildman–Crippen LogP) is 3.53. The van der Waals surface area contributed by atoms with Gasteiger partial charge in [-0.2, -0.15) is 0 Å². The molecule has 0 aliphatic heterocycles. The minimum absolute atomic E-state index is 0.0583. The largest absolute Gasteiger partial charge is 0.318 e. The molecule has 0 N–H and O–H groups in total. The molecule has 0 amide bonds. The van der Waals surface area contributed by atoms with Crippen LogP contribution in [-0.4, -0.2) is 4.57 Å². The SMILES string of the molecule is Cc1cc(Br)cc(-n2c(C)cc(=O)cc2C)c1. The Morgan fingerprint density at radius 3 is 2.06 bits per heavy atom. The first kappa shape index (κ1) is 12.1. The van der Waals surface area contributed by atoms with Crippen LogP contribution in [0.4, 0.5) is 0 Å². The van der Waals surface area contributed by atoms with E-state index in [2.05, 4.69) is 45.6 Å². The number of nitrogens with zero attached hydrogens (tertiary/aromatic N) is 1. The summed E-state index contributed by atoms with van der Waals surface area (Å²) in [6.45, 7) is 5.96. The third-order valence-corrected chi connectivity index (χ3v) is 3.15. The predicted molar refractivity (Wildman–Crippen MR) is 74.0 cm³/mol. The molecule has 0 saturated carbocycles. The standard InChI is InChI=1S/C14H14BrNO/c1-9-4-12(15)8-13(5-9)16-10(2)6-14(17)7-11(16)3/h4-8H,1-3H3. The molecule has 3 heteroatoms. The van der Waals surface area contributed by atoms with Crippen molar-refractivity contribution in [2.24, 2.45) is 0 Å². The molecule has 0 aliphatic rings. The average Bonchev–Trinajstić information content (AvgIpc) is 2.13. The molecule has 2 rings (SSSR count). The summed E-state index contributed by atoms with van der Waals surface area (Å²) in [5.74, 6) is 0. The molecule has 0 aliphatic carbocycles. The molecule has 1 aromatic heterocycles. The molecule has 2 nitrogen and oxygen atoms in total. The molecule has 1 aromatic carbocycles. The highest BCUT2D eigenvalue weighted by Gasteiger charge is 2.05. The highest BCUT2D eigenvalue weighted by Crippen LogP contribution is 2.20. The molecule has 0 unspecified atom stereocenters. The maximum Gasteiger partial charge on any atom is 0.182 e. The number of hydrogen-bond acceptors (Lipinski definition) is 1. The van der Waals surface area contributed by atoms with E-state index in [1.165, 1.54) is 5.56 Å². The lowest BCUT2D eigenvalue weighted by molar-refractivity contribution is 0.920. The van der Waals surface area contributed by atoms with E-state index in [0.29, 0.717) is 0 Å². The van der Waals surface area contributed by atoms with E-state index in [1.807, 2.05) is 13.8 Å². The van der Waals surface area contributed by atoms with Crippen LogP contribution in [0.15, 0.2) is 39.6 Å². The molecule has 1 heterocycles. The second-order valence-electron chi connectivity index (χ2n) is 4.30. The van der Waals surface area contributed by atoms with E-state index >= 15 is 0 Å². The van der Waals surface area contributed by atoms with Gasteiger partial charge in [0.05, 0.1) is 0 Å². The monoisotopic (exact) mass is 291 g/mol. The van der Waals surface area contributed by atoms with Gasteiger partial charge in [0, 0.05) is 33.7 Å². The van der Waals surface area contributed by atoms with Crippen LogP contribution >= 0.6 is 15.9 Å². The zero-order valence-corrected chi connectivity index (χ0v) is 11.7. The fraction of sp³-hybridized carbons (Fsp3) is 0.214. The summed E-state index contributed by atoms with van der Waals surface area (Å²) in [6, 6.07) is 9.54. The Morgan fingerprint density at radius 1 is 0.941 bits per heavy atom. The van der Waals surface area contributed by atoms with Crippen LogP contribution in [0.1, 0.15) is 17.0 Å². The first-order chi connectivity index (χ1) is 7.97. The number of rotatable bonds is 1. The van der Waals surface area contributed by atoms with Crippen LogP contribution in [0.3, 0.4) is 0 Å². The van der Waals surface area contributed by atoms with Gasteiger partial charge < -0.3 is 4.57 Å².